The van der Waals surface area contributed by atoms with E-state index in [9.17, 15) is 19.2 Å². The van der Waals surface area contributed by atoms with Crippen LogP contribution in [0.4, 0.5) is 10.5 Å². The van der Waals surface area contributed by atoms with Gasteiger partial charge in [0.1, 0.15) is 5.57 Å². The number of barbiturate groups is 1. The van der Waals surface area contributed by atoms with Gasteiger partial charge in [0.15, 0.2) is 18.1 Å². The summed E-state index contributed by atoms with van der Waals surface area (Å²) in [6.45, 7) is 5.06. The number of nitrogens with one attached hydrogen (secondary N) is 1. The molecule has 172 valence electrons. The number of carboxylic acids is 1. The van der Waals surface area contributed by atoms with E-state index in [1.165, 1.54) is 18.2 Å². The number of hydrogen-bond acceptors (Lipinski definition) is 6. The molecule has 0 aromatic heterocycles. The first-order valence-corrected chi connectivity index (χ1v) is 10.3. The number of rotatable bonds is 7. The molecule has 9 nitrogen and oxygen atoms in total. The molecule has 2 aromatic carbocycles. The Balaban J connectivity index is 2.02. The maximum atomic E-state index is 13.1. The zero-order chi connectivity index (χ0) is 24.3. The highest BCUT2D eigenvalue weighted by molar-refractivity contribution is 6.39. The number of nitrogens with zero attached hydrogens (tertiary/aromatic N) is 1. The smallest absolute Gasteiger partial charge is 0.341 e. The summed E-state index contributed by atoms with van der Waals surface area (Å²) >= 11 is 6.25. The molecule has 1 fully saturated rings. The molecular formula is C23H21ClN2O7. The predicted molar refractivity (Wildman–Crippen MR) is 121 cm³/mol. The summed E-state index contributed by atoms with van der Waals surface area (Å²) in [6.07, 6.45) is 1.27. The van der Waals surface area contributed by atoms with Crippen molar-refractivity contribution < 1.29 is 33.8 Å². The van der Waals surface area contributed by atoms with Crippen LogP contribution in [0, 0.1) is 13.8 Å². The first-order valence-electron chi connectivity index (χ1n) is 9.92. The fraction of sp³-hybridized carbons (Fsp3) is 0.217. The average Bonchev–Trinajstić information content (AvgIpc) is 2.73. The monoisotopic (exact) mass is 472 g/mol. The number of hydrogen-bond donors (Lipinski definition) is 2. The SMILES string of the molecule is CCOc1cc(/C=C2\C(=O)NC(=O)N(c3ccc(C)c(C)c3)C2=O)cc(Cl)c1OCC(=O)O. The standard InChI is InChI=1S/C23H21ClN2O7/c1-4-32-18-10-14(9-17(24)20(18)33-11-19(27)28)8-16-21(29)25-23(31)26(22(16)30)15-6-5-12(2)13(3)7-15/h5-10H,4,11H2,1-3H3,(H,27,28)(H,25,29,31)/b16-8+. The Labute approximate surface area is 194 Å². The van der Waals surface area contributed by atoms with Gasteiger partial charge in [-0.15, -0.1) is 0 Å². The first kappa shape index (κ1) is 23.8. The van der Waals surface area contributed by atoms with Gasteiger partial charge in [-0.05, 0) is 67.8 Å². The van der Waals surface area contributed by atoms with Crippen LogP contribution in [0.1, 0.15) is 23.6 Å². The van der Waals surface area contributed by atoms with Gasteiger partial charge in [-0.25, -0.2) is 14.5 Å². The fourth-order valence-electron chi connectivity index (χ4n) is 3.13. The van der Waals surface area contributed by atoms with Crippen molar-refractivity contribution in [1.82, 2.24) is 5.32 Å². The van der Waals surface area contributed by atoms with Crippen molar-refractivity contribution in [3.05, 3.63) is 57.6 Å². The molecule has 3 rings (SSSR count). The number of anilines is 1. The average molecular weight is 473 g/mol. The lowest BCUT2D eigenvalue weighted by molar-refractivity contribution is -0.139. The lowest BCUT2D eigenvalue weighted by atomic mass is 10.0. The maximum Gasteiger partial charge on any atom is 0.341 e. The molecule has 1 aliphatic rings. The molecule has 1 aliphatic heterocycles. The van der Waals surface area contributed by atoms with E-state index in [0.717, 1.165) is 16.0 Å². The Morgan fingerprint density at radius 3 is 2.48 bits per heavy atom. The second-order valence-corrected chi connectivity index (χ2v) is 7.58. The van der Waals surface area contributed by atoms with Gasteiger partial charge < -0.3 is 14.6 Å². The van der Waals surface area contributed by atoms with Crippen LogP contribution in [0.5, 0.6) is 11.5 Å². The van der Waals surface area contributed by atoms with Crippen molar-refractivity contribution in [2.75, 3.05) is 18.1 Å². The normalized spacial score (nSPS) is 15.0. The molecular weight excluding hydrogens is 452 g/mol. The third kappa shape index (κ3) is 5.15. The third-order valence-electron chi connectivity index (χ3n) is 4.83. The Morgan fingerprint density at radius 1 is 1.12 bits per heavy atom. The number of aryl methyl sites for hydroxylation is 2. The topological polar surface area (TPSA) is 122 Å². The molecule has 0 radical (unpaired) electrons. The van der Waals surface area contributed by atoms with E-state index in [0.29, 0.717) is 11.3 Å². The summed E-state index contributed by atoms with van der Waals surface area (Å²) in [5, 5.41) is 11.0. The minimum absolute atomic E-state index is 0.0226. The van der Waals surface area contributed by atoms with E-state index in [-0.39, 0.29) is 28.7 Å². The molecule has 0 aliphatic carbocycles. The van der Waals surface area contributed by atoms with Gasteiger partial charge in [0.2, 0.25) is 0 Å². The van der Waals surface area contributed by atoms with Gasteiger partial charge in [-0.3, -0.25) is 14.9 Å². The van der Waals surface area contributed by atoms with Gasteiger partial charge in [0.05, 0.1) is 17.3 Å². The van der Waals surface area contributed by atoms with Crippen LogP contribution >= 0.6 is 11.6 Å². The third-order valence-corrected chi connectivity index (χ3v) is 5.11. The second kappa shape index (κ2) is 9.74. The number of halogens is 1. The minimum atomic E-state index is -1.19. The number of urea groups is 1. The number of carbonyl (C=O) groups is 4. The molecule has 0 atom stereocenters. The van der Waals surface area contributed by atoms with Crippen molar-refractivity contribution in [3.8, 4) is 11.5 Å². The van der Waals surface area contributed by atoms with Crippen LogP contribution < -0.4 is 19.7 Å². The van der Waals surface area contributed by atoms with Crippen molar-refractivity contribution in [2.45, 2.75) is 20.8 Å². The maximum absolute atomic E-state index is 13.1. The van der Waals surface area contributed by atoms with Gasteiger partial charge in [-0.1, -0.05) is 17.7 Å². The van der Waals surface area contributed by atoms with Crippen molar-refractivity contribution in [1.29, 1.82) is 0 Å². The molecule has 2 aromatic rings. The molecule has 0 unspecified atom stereocenters. The van der Waals surface area contributed by atoms with Crippen LogP contribution in [0.15, 0.2) is 35.9 Å². The van der Waals surface area contributed by atoms with Crippen LogP contribution in [0.2, 0.25) is 5.02 Å². The van der Waals surface area contributed by atoms with Crippen LogP contribution in [0.25, 0.3) is 6.08 Å². The van der Waals surface area contributed by atoms with E-state index in [2.05, 4.69) is 5.32 Å². The lowest BCUT2D eigenvalue weighted by Crippen LogP contribution is -2.54. The zero-order valence-corrected chi connectivity index (χ0v) is 18.9. The van der Waals surface area contributed by atoms with Gasteiger partial charge >= 0.3 is 12.0 Å². The highest BCUT2D eigenvalue weighted by atomic mass is 35.5. The Hall–Kier alpha value is -3.85. The molecule has 2 N–H and O–H groups in total. The first-order chi connectivity index (χ1) is 15.6. The Bertz CT molecular complexity index is 1190. The zero-order valence-electron chi connectivity index (χ0n) is 18.1. The Morgan fingerprint density at radius 2 is 1.85 bits per heavy atom. The van der Waals surface area contributed by atoms with Gasteiger partial charge in [-0.2, -0.15) is 0 Å². The number of carboxylic acid groups (broad SMARTS) is 1. The summed E-state index contributed by atoms with van der Waals surface area (Å²) in [7, 11) is 0. The van der Waals surface area contributed by atoms with Gasteiger partial charge in [0.25, 0.3) is 11.8 Å². The summed E-state index contributed by atoms with van der Waals surface area (Å²) in [6, 6.07) is 7.07. The molecule has 0 bridgehead atoms. The summed E-state index contributed by atoms with van der Waals surface area (Å²) in [4.78, 5) is 49.7. The van der Waals surface area contributed by atoms with Crippen LogP contribution in [-0.2, 0) is 14.4 Å². The molecule has 10 heteroatoms. The van der Waals surface area contributed by atoms with Crippen LogP contribution in [-0.4, -0.2) is 42.1 Å². The molecule has 0 spiro atoms. The lowest BCUT2D eigenvalue weighted by Gasteiger charge is -2.27. The number of carbonyl (C=O) groups excluding carboxylic acids is 3. The number of ether oxygens (including phenoxy) is 2. The number of amides is 4. The number of aliphatic carboxylic acids is 1. The largest absolute Gasteiger partial charge is 0.490 e. The fourth-order valence-corrected chi connectivity index (χ4v) is 3.41. The van der Waals surface area contributed by atoms with Crippen molar-refractivity contribution in [3.63, 3.8) is 0 Å². The quantitative estimate of drug-likeness (QED) is 0.467. The molecule has 0 saturated carbocycles. The predicted octanol–water partition coefficient (Wildman–Crippen LogP) is 3.49. The van der Waals surface area contributed by atoms with Crippen molar-refractivity contribution >= 4 is 47.2 Å². The van der Waals surface area contributed by atoms with E-state index in [1.807, 2.05) is 13.8 Å². The van der Waals surface area contributed by atoms with E-state index in [1.54, 1.807) is 25.1 Å². The van der Waals surface area contributed by atoms with E-state index >= 15 is 0 Å². The minimum Gasteiger partial charge on any atom is -0.490 e. The summed E-state index contributed by atoms with van der Waals surface area (Å²) in [5.41, 5.74) is 2.22. The van der Waals surface area contributed by atoms with Crippen LogP contribution in [0.3, 0.4) is 0 Å². The molecule has 33 heavy (non-hydrogen) atoms. The molecule has 1 heterocycles. The van der Waals surface area contributed by atoms with Crippen molar-refractivity contribution in [2.24, 2.45) is 0 Å². The summed E-state index contributed by atoms with van der Waals surface area (Å²) in [5.74, 6) is -2.68. The number of benzene rings is 2. The molecule has 4 amide bonds. The highest BCUT2D eigenvalue weighted by Gasteiger charge is 2.37. The Kier molecular flexibility index (Phi) is 7.03. The second-order valence-electron chi connectivity index (χ2n) is 7.17. The highest BCUT2D eigenvalue weighted by Crippen LogP contribution is 2.37. The van der Waals surface area contributed by atoms with E-state index in [4.69, 9.17) is 26.2 Å². The molecule has 1 saturated heterocycles. The van der Waals surface area contributed by atoms with E-state index < -0.39 is 30.4 Å². The number of imide groups is 2. The van der Waals surface area contributed by atoms with Gasteiger partial charge in [0, 0.05) is 0 Å². The summed E-state index contributed by atoms with van der Waals surface area (Å²) < 4.78 is 10.7.